The fourth-order valence-corrected chi connectivity index (χ4v) is 2.36. The Hall–Kier alpha value is -2.43. The number of hydrogen-bond acceptors (Lipinski definition) is 4. The highest BCUT2D eigenvalue weighted by Gasteiger charge is 2.26. The summed E-state index contributed by atoms with van der Waals surface area (Å²) in [6.07, 6.45) is 0.856. The van der Waals surface area contributed by atoms with Crippen molar-refractivity contribution in [1.29, 1.82) is 0 Å². The number of pyridine rings is 1. The number of piperidine rings is 1. The van der Waals surface area contributed by atoms with E-state index in [1.165, 1.54) is 0 Å². The number of carbonyl (C=O) groups is 2. The maximum absolute atomic E-state index is 11.8. The number of para-hydroxylation sites is 1. The van der Waals surface area contributed by atoms with Crippen LogP contribution in [0.3, 0.4) is 0 Å². The van der Waals surface area contributed by atoms with Gasteiger partial charge >= 0.3 is 0 Å². The Bertz CT molecular complexity index is 697. The molecule has 0 radical (unpaired) electrons. The first kappa shape index (κ1) is 12.6. The van der Waals surface area contributed by atoms with Crippen LogP contribution in [0.2, 0.25) is 0 Å². The van der Waals surface area contributed by atoms with Gasteiger partial charge in [0.1, 0.15) is 11.9 Å². The van der Waals surface area contributed by atoms with Crippen LogP contribution in [0.4, 0.5) is 5.82 Å². The van der Waals surface area contributed by atoms with Gasteiger partial charge < -0.3 is 5.32 Å². The van der Waals surface area contributed by atoms with E-state index in [1.54, 1.807) is 0 Å². The van der Waals surface area contributed by atoms with E-state index < -0.39 is 6.04 Å². The fourth-order valence-electron chi connectivity index (χ4n) is 2.36. The maximum Gasteiger partial charge on any atom is 0.249 e. The molecule has 1 aromatic heterocycles. The van der Waals surface area contributed by atoms with Gasteiger partial charge in [-0.15, -0.1) is 0 Å². The van der Waals surface area contributed by atoms with Gasteiger partial charge in [-0.05, 0) is 31.0 Å². The van der Waals surface area contributed by atoms with Crippen molar-refractivity contribution < 1.29 is 9.59 Å². The summed E-state index contributed by atoms with van der Waals surface area (Å²) in [5.74, 6) is 0.199. The Morgan fingerprint density at radius 1 is 1.30 bits per heavy atom. The van der Waals surface area contributed by atoms with Gasteiger partial charge in [-0.2, -0.15) is 0 Å². The summed E-state index contributed by atoms with van der Waals surface area (Å²) in [7, 11) is 0. The van der Waals surface area contributed by atoms with Gasteiger partial charge in [-0.3, -0.25) is 14.9 Å². The molecule has 1 fully saturated rings. The lowest BCUT2D eigenvalue weighted by Crippen LogP contribution is -2.47. The number of fused-ring (bicyclic) bond motifs is 1. The van der Waals surface area contributed by atoms with Gasteiger partial charge in [0.2, 0.25) is 11.8 Å². The molecule has 0 bridgehead atoms. The molecule has 5 heteroatoms. The first-order valence-electron chi connectivity index (χ1n) is 6.60. The zero-order valence-corrected chi connectivity index (χ0v) is 11.1. The summed E-state index contributed by atoms with van der Waals surface area (Å²) in [5, 5.41) is 6.54. The second-order valence-corrected chi connectivity index (χ2v) is 4.99. The van der Waals surface area contributed by atoms with Crippen LogP contribution >= 0.6 is 0 Å². The predicted octanol–water partition coefficient (Wildman–Crippen LogP) is 1.76. The van der Waals surface area contributed by atoms with Gasteiger partial charge in [0, 0.05) is 11.8 Å². The number of aryl methyl sites for hydroxylation is 1. The maximum atomic E-state index is 11.8. The number of nitrogens with zero attached hydrogens (tertiary/aromatic N) is 1. The number of aromatic nitrogens is 1. The van der Waals surface area contributed by atoms with E-state index in [0.717, 1.165) is 16.5 Å². The van der Waals surface area contributed by atoms with Crippen LogP contribution in [0.25, 0.3) is 10.9 Å². The SMILES string of the molecule is Cc1cc2ccccc2nc1NC1CCC(=O)NC1=O. The van der Waals surface area contributed by atoms with Crippen molar-refractivity contribution in [2.75, 3.05) is 5.32 Å². The Balaban J connectivity index is 1.89. The highest BCUT2D eigenvalue weighted by Crippen LogP contribution is 2.21. The predicted molar refractivity (Wildman–Crippen MR) is 76.3 cm³/mol. The van der Waals surface area contributed by atoms with Crippen molar-refractivity contribution in [2.24, 2.45) is 0 Å². The molecule has 3 rings (SSSR count). The van der Waals surface area contributed by atoms with Crippen molar-refractivity contribution in [1.82, 2.24) is 10.3 Å². The molecule has 1 atom stereocenters. The lowest BCUT2D eigenvalue weighted by molar-refractivity contribution is -0.133. The molecule has 20 heavy (non-hydrogen) atoms. The van der Waals surface area contributed by atoms with Gasteiger partial charge in [-0.25, -0.2) is 4.98 Å². The third kappa shape index (κ3) is 2.34. The molecule has 1 aliphatic rings. The quantitative estimate of drug-likeness (QED) is 0.815. The minimum Gasteiger partial charge on any atom is -0.358 e. The third-order valence-electron chi connectivity index (χ3n) is 3.46. The number of amides is 2. The number of rotatable bonds is 2. The van der Waals surface area contributed by atoms with Crippen LogP contribution in [0.1, 0.15) is 18.4 Å². The van der Waals surface area contributed by atoms with Gasteiger partial charge in [-0.1, -0.05) is 18.2 Å². The smallest absolute Gasteiger partial charge is 0.249 e. The van der Waals surface area contributed by atoms with Gasteiger partial charge in [0.15, 0.2) is 0 Å². The van der Waals surface area contributed by atoms with E-state index in [2.05, 4.69) is 15.6 Å². The van der Waals surface area contributed by atoms with Crippen molar-refractivity contribution in [3.05, 3.63) is 35.9 Å². The summed E-state index contributed by atoms with van der Waals surface area (Å²) in [6, 6.07) is 9.48. The largest absolute Gasteiger partial charge is 0.358 e. The van der Waals surface area contributed by atoms with Crippen LogP contribution < -0.4 is 10.6 Å². The summed E-state index contributed by atoms with van der Waals surface area (Å²) >= 11 is 0. The normalized spacial score (nSPS) is 18.9. The van der Waals surface area contributed by atoms with E-state index in [-0.39, 0.29) is 11.8 Å². The minimum atomic E-state index is -0.403. The van der Waals surface area contributed by atoms with E-state index >= 15 is 0 Å². The average molecular weight is 269 g/mol. The molecule has 0 saturated carbocycles. The van der Waals surface area contributed by atoms with Crippen molar-refractivity contribution in [2.45, 2.75) is 25.8 Å². The highest BCUT2D eigenvalue weighted by atomic mass is 16.2. The second kappa shape index (κ2) is 4.92. The summed E-state index contributed by atoms with van der Waals surface area (Å²) in [4.78, 5) is 27.4. The van der Waals surface area contributed by atoms with Crippen LogP contribution in [0.5, 0.6) is 0 Å². The summed E-state index contributed by atoms with van der Waals surface area (Å²) in [6.45, 7) is 1.95. The third-order valence-corrected chi connectivity index (χ3v) is 3.46. The molecule has 1 aliphatic heterocycles. The van der Waals surface area contributed by atoms with Crippen LogP contribution in [-0.4, -0.2) is 22.8 Å². The number of anilines is 1. The van der Waals surface area contributed by atoms with Gasteiger partial charge in [0.25, 0.3) is 0 Å². The zero-order chi connectivity index (χ0) is 14.1. The Morgan fingerprint density at radius 2 is 2.10 bits per heavy atom. The Labute approximate surface area is 116 Å². The number of carbonyl (C=O) groups excluding carboxylic acids is 2. The molecule has 1 unspecified atom stereocenters. The molecule has 102 valence electrons. The van der Waals surface area contributed by atoms with E-state index in [0.29, 0.717) is 18.7 Å². The topological polar surface area (TPSA) is 71.1 Å². The molecule has 1 saturated heterocycles. The van der Waals surface area contributed by atoms with Crippen molar-refractivity contribution in [3.8, 4) is 0 Å². The molecule has 5 nitrogen and oxygen atoms in total. The summed E-state index contributed by atoms with van der Waals surface area (Å²) < 4.78 is 0. The molecular weight excluding hydrogens is 254 g/mol. The first-order chi connectivity index (χ1) is 9.63. The van der Waals surface area contributed by atoms with Gasteiger partial charge in [0.05, 0.1) is 5.52 Å². The monoisotopic (exact) mass is 269 g/mol. The van der Waals surface area contributed by atoms with Crippen LogP contribution in [0.15, 0.2) is 30.3 Å². The molecule has 0 aliphatic carbocycles. The minimum absolute atomic E-state index is 0.212. The highest BCUT2D eigenvalue weighted by molar-refractivity contribution is 6.01. The Morgan fingerprint density at radius 3 is 2.90 bits per heavy atom. The first-order valence-corrected chi connectivity index (χ1v) is 6.60. The molecule has 0 spiro atoms. The lowest BCUT2D eigenvalue weighted by Gasteiger charge is -2.23. The number of benzene rings is 1. The molecule has 2 aromatic rings. The number of imide groups is 1. The number of hydrogen-bond donors (Lipinski definition) is 2. The fraction of sp³-hybridized carbons (Fsp3) is 0.267. The molecule has 2 N–H and O–H groups in total. The van der Waals surface area contributed by atoms with Crippen LogP contribution in [-0.2, 0) is 9.59 Å². The second-order valence-electron chi connectivity index (χ2n) is 4.99. The zero-order valence-electron chi connectivity index (χ0n) is 11.1. The van der Waals surface area contributed by atoms with E-state index in [4.69, 9.17) is 0 Å². The van der Waals surface area contributed by atoms with E-state index in [9.17, 15) is 9.59 Å². The van der Waals surface area contributed by atoms with Crippen molar-refractivity contribution >= 4 is 28.5 Å². The van der Waals surface area contributed by atoms with Crippen LogP contribution in [0, 0.1) is 6.92 Å². The number of nitrogens with one attached hydrogen (secondary N) is 2. The van der Waals surface area contributed by atoms with E-state index in [1.807, 2.05) is 37.3 Å². The molecule has 2 heterocycles. The van der Waals surface area contributed by atoms with Crippen molar-refractivity contribution in [3.63, 3.8) is 0 Å². The molecule has 1 aromatic carbocycles. The average Bonchev–Trinajstić information content (AvgIpc) is 2.42. The Kier molecular flexibility index (Phi) is 3.10. The standard InChI is InChI=1S/C15H15N3O2/c1-9-8-10-4-2-3-5-11(10)16-14(9)17-12-6-7-13(19)18-15(12)20/h2-5,8,12H,6-7H2,1H3,(H,16,17)(H,18,19,20). The molecular formula is C15H15N3O2. The molecule has 2 amide bonds. The summed E-state index contributed by atoms with van der Waals surface area (Å²) in [5.41, 5.74) is 1.86. The lowest BCUT2D eigenvalue weighted by atomic mass is 10.1.